The number of nitrogens with one attached hydrogen (secondary N) is 1. The smallest absolute Gasteiger partial charge is 0.329 e. The van der Waals surface area contributed by atoms with Crippen LogP contribution in [-0.2, 0) is 6.54 Å². The predicted octanol–water partition coefficient (Wildman–Crippen LogP) is 1.64. The summed E-state index contributed by atoms with van der Waals surface area (Å²) in [7, 11) is 0. The van der Waals surface area contributed by atoms with Crippen LogP contribution < -0.4 is 11.2 Å². The van der Waals surface area contributed by atoms with Crippen LogP contribution in [0.25, 0.3) is 11.0 Å². The molecule has 1 amide bonds. The number of aryl methyl sites for hydroxylation is 1. The number of hydrogen-bond donors (Lipinski definition) is 1. The predicted molar refractivity (Wildman–Crippen MR) is 114 cm³/mol. The third-order valence-corrected chi connectivity index (χ3v) is 5.39. The van der Waals surface area contributed by atoms with Crippen LogP contribution in [0.5, 0.6) is 0 Å². The van der Waals surface area contributed by atoms with Crippen molar-refractivity contribution in [1.29, 1.82) is 0 Å². The first-order valence-corrected chi connectivity index (χ1v) is 10.4. The van der Waals surface area contributed by atoms with Crippen molar-refractivity contribution in [3.05, 3.63) is 38.2 Å². The highest BCUT2D eigenvalue weighted by Crippen LogP contribution is 2.21. The second-order valence-electron chi connectivity index (χ2n) is 8.44. The molecule has 29 heavy (non-hydrogen) atoms. The first-order valence-electron chi connectivity index (χ1n) is 10.4. The van der Waals surface area contributed by atoms with Gasteiger partial charge < -0.3 is 4.90 Å². The Hall–Kier alpha value is -2.48. The van der Waals surface area contributed by atoms with Gasteiger partial charge in [-0.25, -0.2) is 9.78 Å². The Morgan fingerprint density at radius 1 is 1.14 bits per heavy atom. The van der Waals surface area contributed by atoms with E-state index < -0.39 is 11.2 Å². The minimum Gasteiger partial charge on any atom is -0.336 e. The molecule has 0 aromatic carbocycles. The standard InChI is InChI=1S/C21H31N5O3/c1-6-26-18-17(19(27)23-21(26)29)15(11-16(22-18)14(4)5)20(28)25-9-7-24(8-10-25)12-13(2)3/h11,13-14H,6-10,12H2,1-5H3,(H,23,27,29). The first-order chi connectivity index (χ1) is 13.7. The number of aromatic nitrogens is 3. The van der Waals surface area contributed by atoms with Crippen molar-refractivity contribution in [3.63, 3.8) is 0 Å². The van der Waals surface area contributed by atoms with Crippen LogP contribution in [0.3, 0.4) is 0 Å². The van der Waals surface area contributed by atoms with E-state index in [9.17, 15) is 14.4 Å². The molecule has 0 spiro atoms. The third kappa shape index (κ3) is 4.27. The van der Waals surface area contributed by atoms with Gasteiger partial charge in [0.25, 0.3) is 11.5 Å². The number of pyridine rings is 1. The molecule has 0 bridgehead atoms. The fraction of sp³-hybridized carbons (Fsp3) is 0.619. The molecule has 8 heteroatoms. The third-order valence-electron chi connectivity index (χ3n) is 5.39. The summed E-state index contributed by atoms with van der Waals surface area (Å²) in [6.07, 6.45) is 0. The Morgan fingerprint density at radius 2 is 1.79 bits per heavy atom. The number of amides is 1. The largest absolute Gasteiger partial charge is 0.336 e. The first kappa shape index (κ1) is 21.2. The molecule has 1 aliphatic rings. The van der Waals surface area contributed by atoms with Gasteiger partial charge in [-0.15, -0.1) is 0 Å². The lowest BCUT2D eigenvalue weighted by atomic mass is 10.0. The summed E-state index contributed by atoms with van der Waals surface area (Å²) in [6.45, 7) is 14.4. The van der Waals surface area contributed by atoms with E-state index in [4.69, 9.17) is 0 Å². The molecule has 0 radical (unpaired) electrons. The van der Waals surface area contributed by atoms with Gasteiger partial charge in [-0.2, -0.15) is 0 Å². The molecule has 3 heterocycles. The molecule has 1 fully saturated rings. The number of carbonyl (C=O) groups is 1. The minimum atomic E-state index is -0.556. The number of fused-ring (bicyclic) bond motifs is 1. The van der Waals surface area contributed by atoms with Gasteiger partial charge in [0.15, 0.2) is 5.65 Å². The van der Waals surface area contributed by atoms with E-state index in [1.807, 2.05) is 20.8 Å². The van der Waals surface area contributed by atoms with E-state index in [2.05, 4.69) is 28.7 Å². The second-order valence-corrected chi connectivity index (χ2v) is 8.44. The molecular weight excluding hydrogens is 370 g/mol. The molecule has 1 N–H and O–H groups in total. The van der Waals surface area contributed by atoms with E-state index in [1.54, 1.807) is 11.0 Å². The van der Waals surface area contributed by atoms with Crippen LogP contribution in [0.15, 0.2) is 15.7 Å². The van der Waals surface area contributed by atoms with E-state index in [-0.39, 0.29) is 22.9 Å². The summed E-state index contributed by atoms with van der Waals surface area (Å²) in [4.78, 5) is 49.3. The lowest BCUT2D eigenvalue weighted by molar-refractivity contribution is 0.0625. The summed E-state index contributed by atoms with van der Waals surface area (Å²) in [5, 5.41) is 0.200. The molecule has 0 saturated carbocycles. The molecule has 1 aliphatic heterocycles. The number of piperazine rings is 1. The van der Waals surface area contributed by atoms with Gasteiger partial charge in [0, 0.05) is 45.0 Å². The Morgan fingerprint density at radius 3 is 2.34 bits per heavy atom. The second kappa shape index (κ2) is 8.49. The van der Waals surface area contributed by atoms with Crippen molar-refractivity contribution in [3.8, 4) is 0 Å². The van der Waals surface area contributed by atoms with E-state index in [0.29, 0.717) is 36.8 Å². The molecule has 0 aliphatic carbocycles. The maximum Gasteiger partial charge on any atom is 0.329 e. The normalized spacial score (nSPS) is 15.6. The van der Waals surface area contributed by atoms with Gasteiger partial charge in [-0.05, 0) is 24.8 Å². The minimum absolute atomic E-state index is 0.0635. The zero-order valence-electron chi connectivity index (χ0n) is 18.0. The highest BCUT2D eigenvalue weighted by atomic mass is 16.2. The average molecular weight is 402 g/mol. The van der Waals surface area contributed by atoms with Crippen molar-refractivity contribution < 1.29 is 4.79 Å². The van der Waals surface area contributed by atoms with E-state index in [1.165, 1.54) is 4.57 Å². The summed E-state index contributed by atoms with van der Waals surface area (Å²) in [5.41, 5.74) is 0.263. The lowest BCUT2D eigenvalue weighted by Crippen LogP contribution is -2.49. The fourth-order valence-electron chi connectivity index (χ4n) is 3.87. The summed E-state index contributed by atoms with van der Waals surface area (Å²) in [5.74, 6) is 0.475. The van der Waals surface area contributed by atoms with Crippen molar-refractivity contribution in [1.82, 2.24) is 24.3 Å². The molecule has 2 aromatic heterocycles. The van der Waals surface area contributed by atoms with Gasteiger partial charge in [-0.3, -0.25) is 24.0 Å². The molecule has 0 atom stereocenters. The van der Waals surface area contributed by atoms with Gasteiger partial charge in [0.05, 0.1) is 10.9 Å². The zero-order chi connectivity index (χ0) is 21.3. The van der Waals surface area contributed by atoms with Gasteiger partial charge in [0.2, 0.25) is 0 Å². The van der Waals surface area contributed by atoms with Crippen molar-refractivity contribution in [2.24, 2.45) is 5.92 Å². The van der Waals surface area contributed by atoms with Gasteiger partial charge in [0.1, 0.15) is 0 Å². The highest BCUT2D eigenvalue weighted by Gasteiger charge is 2.26. The summed E-state index contributed by atoms with van der Waals surface area (Å²) in [6, 6.07) is 1.72. The maximum absolute atomic E-state index is 13.4. The fourth-order valence-corrected chi connectivity index (χ4v) is 3.87. The van der Waals surface area contributed by atoms with Crippen molar-refractivity contribution >= 4 is 16.9 Å². The van der Waals surface area contributed by atoms with Crippen LogP contribution in [-0.4, -0.2) is 63.0 Å². The SMILES string of the molecule is CCn1c(=O)[nH]c(=O)c2c(C(=O)N3CCN(CC(C)C)CC3)cc(C(C)C)nc21. The Kier molecular flexibility index (Phi) is 6.21. The average Bonchev–Trinajstić information content (AvgIpc) is 2.66. The van der Waals surface area contributed by atoms with Crippen LogP contribution in [0.2, 0.25) is 0 Å². The Labute approximate surface area is 170 Å². The lowest BCUT2D eigenvalue weighted by Gasteiger charge is -2.35. The van der Waals surface area contributed by atoms with Crippen LogP contribution in [0.1, 0.15) is 56.6 Å². The molecule has 2 aromatic rings. The Balaban J connectivity index is 2.06. The van der Waals surface area contributed by atoms with Crippen molar-refractivity contribution in [2.45, 2.75) is 47.1 Å². The number of aromatic amines is 1. The number of rotatable bonds is 5. The van der Waals surface area contributed by atoms with E-state index in [0.717, 1.165) is 19.6 Å². The summed E-state index contributed by atoms with van der Waals surface area (Å²) < 4.78 is 1.42. The summed E-state index contributed by atoms with van der Waals surface area (Å²) >= 11 is 0. The van der Waals surface area contributed by atoms with Gasteiger partial charge >= 0.3 is 5.69 Å². The Bertz CT molecular complexity index is 1010. The number of H-pyrrole nitrogens is 1. The monoisotopic (exact) mass is 401 g/mol. The highest BCUT2D eigenvalue weighted by molar-refractivity contribution is 6.05. The zero-order valence-corrected chi connectivity index (χ0v) is 18.0. The number of hydrogen-bond acceptors (Lipinski definition) is 5. The number of carbonyl (C=O) groups excluding carboxylic acids is 1. The quantitative estimate of drug-likeness (QED) is 0.822. The molecular formula is C21H31N5O3. The van der Waals surface area contributed by atoms with Crippen LogP contribution in [0.4, 0.5) is 0 Å². The van der Waals surface area contributed by atoms with Crippen molar-refractivity contribution in [2.75, 3.05) is 32.7 Å². The topological polar surface area (TPSA) is 91.3 Å². The van der Waals surface area contributed by atoms with Crippen LogP contribution >= 0.6 is 0 Å². The maximum atomic E-state index is 13.4. The molecule has 8 nitrogen and oxygen atoms in total. The molecule has 1 saturated heterocycles. The van der Waals surface area contributed by atoms with Gasteiger partial charge in [-0.1, -0.05) is 27.7 Å². The molecule has 0 unspecified atom stereocenters. The molecule has 3 rings (SSSR count). The number of nitrogens with zero attached hydrogens (tertiary/aromatic N) is 4. The van der Waals surface area contributed by atoms with Crippen LogP contribution in [0, 0.1) is 5.92 Å². The van der Waals surface area contributed by atoms with E-state index >= 15 is 0 Å². The molecule has 158 valence electrons.